The van der Waals surface area contributed by atoms with Crippen molar-refractivity contribution in [3.8, 4) is 56.4 Å². The van der Waals surface area contributed by atoms with E-state index >= 15 is 0 Å². The number of aromatic nitrogens is 5. The first-order valence-electron chi connectivity index (χ1n) is 22.7. The Morgan fingerprint density at radius 3 is 2.09 bits per heavy atom. The fraction of sp³-hybridized carbons (Fsp3) is 0.0426. The molecule has 0 amide bonds. The summed E-state index contributed by atoms with van der Waals surface area (Å²) in [5.41, 5.74) is 5.82. The maximum atomic E-state index is 9.03. The molecule has 6 aromatic carbocycles. The molecule has 3 aromatic heterocycles. The van der Waals surface area contributed by atoms with E-state index in [1.165, 1.54) is 0 Å². The monoisotopic (exact) mass is 913 g/mol. The Morgan fingerprint density at radius 1 is 0.696 bits per heavy atom. The van der Waals surface area contributed by atoms with Gasteiger partial charge < -0.3 is 0 Å². The van der Waals surface area contributed by atoms with E-state index in [4.69, 9.17) is 23.4 Å². The molecule has 0 saturated heterocycles. The van der Waals surface area contributed by atoms with Crippen LogP contribution in [0.15, 0.2) is 164 Å². The summed E-state index contributed by atoms with van der Waals surface area (Å²) < 4.78 is 99.8. The summed E-state index contributed by atoms with van der Waals surface area (Å²) in [6.45, 7) is 3.84. The normalized spacial score (nSPS) is 14.6. The number of fused-ring (bicyclic) bond motifs is 4. The second-order valence-electron chi connectivity index (χ2n) is 13.0. The number of anilines is 2. The van der Waals surface area contributed by atoms with Crippen LogP contribution in [0.4, 0.5) is 11.5 Å². The van der Waals surface area contributed by atoms with Crippen molar-refractivity contribution in [1.29, 1.82) is 0 Å². The van der Waals surface area contributed by atoms with Crippen molar-refractivity contribution >= 4 is 29.5 Å². The van der Waals surface area contributed by atoms with Gasteiger partial charge in [-0.05, 0) is 18.6 Å². The van der Waals surface area contributed by atoms with E-state index in [9.17, 15) is 0 Å². The number of benzene rings is 6. The van der Waals surface area contributed by atoms with Crippen LogP contribution in [0.5, 0.6) is 11.5 Å². The summed E-state index contributed by atoms with van der Waals surface area (Å²) in [7, 11) is 0. The van der Waals surface area contributed by atoms with Gasteiger partial charge in [0.25, 0.3) is 0 Å². The van der Waals surface area contributed by atoms with E-state index in [-0.39, 0.29) is 34.9 Å². The van der Waals surface area contributed by atoms with Gasteiger partial charge in [0.15, 0.2) is 0 Å². The Kier molecular flexibility index (Phi) is 6.19. The Bertz CT molecular complexity index is 3430. The number of pyridine rings is 1. The summed E-state index contributed by atoms with van der Waals surface area (Å²) in [4.78, 5) is 6.77. The van der Waals surface area contributed by atoms with Crippen molar-refractivity contribution in [3.63, 3.8) is 0 Å². The molecule has 0 aliphatic carbocycles. The molecule has 0 N–H and O–H groups in total. The van der Waals surface area contributed by atoms with Crippen molar-refractivity contribution in [2.45, 2.75) is 13.7 Å². The third kappa shape index (κ3) is 5.76. The van der Waals surface area contributed by atoms with Gasteiger partial charge in [-0.15, -0.1) is 0 Å². The molecule has 10 rings (SSSR count). The van der Waals surface area contributed by atoms with Crippen LogP contribution in [-0.2, 0) is 19.4 Å². The summed E-state index contributed by atoms with van der Waals surface area (Å²) in [6.07, 6.45) is 3.55. The molecule has 0 spiro atoms. The first kappa shape index (κ1) is 24.8. The zero-order chi connectivity index (χ0) is 46.5. The van der Waals surface area contributed by atoms with Gasteiger partial charge >= 0.3 is 315 Å². The minimum atomic E-state index is -0.565. The van der Waals surface area contributed by atoms with Crippen molar-refractivity contribution in [3.05, 3.63) is 185 Å². The molecule has 0 saturated carbocycles. The topological polar surface area (TPSA) is 53.0 Å². The van der Waals surface area contributed by atoms with Gasteiger partial charge in [-0.3, -0.25) is 0 Å². The van der Waals surface area contributed by atoms with Gasteiger partial charge in [0.05, 0.1) is 0 Å². The Hall–Kier alpha value is -6.50. The number of hydrogen-bond acceptors (Lipinski definition) is 4. The molecule has 0 fully saturated rings. The standard InChI is InChI=1S/C47H33BN6O.Pt/c1-33-25-27-49-46(29-33)53-45-31-38(23-24-41(45)42-26-28-50-54(42)48(53)2)55-37-18-11-17-36(30-37)51-32-52(44-22-10-9-21-43(44)51)47-39(34-13-5-3-6-14-34)19-12-20-40(47)35-15-7-4-8-16-35;/h3-29H,1-2H3;/q-2;/i3D,4D,5D,6D,7D,8D,13D,14D,15D,16D;. The molecule has 9 aromatic rings. The van der Waals surface area contributed by atoms with Crippen LogP contribution in [0.3, 0.4) is 0 Å². The molecule has 0 bridgehead atoms. The molecule has 0 unspecified atom stereocenters. The Balaban J connectivity index is 1.16. The van der Waals surface area contributed by atoms with Crippen LogP contribution in [0, 0.1) is 22.9 Å². The molecule has 0 atom stereocenters. The van der Waals surface area contributed by atoms with E-state index < -0.39 is 60.4 Å². The van der Waals surface area contributed by atoms with Crippen molar-refractivity contribution < 1.29 is 37.8 Å². The summed E-state index contributed by atoms with van der Waals surface area (Å²) >= 11 is 2.14. The average molecular weight is 914 g/mol. The average Bonchev–Trinajstić information content (AvgIpc) is 3.92. The van der Waals surface area contributed by atoms with E-state index in [1.807, 2.05) is 89.6 Å². The van der Waals surface area contributed by atoms with Crippen LogP contribution < -0.4 is 9.55 Å². The number of aryl methyl sites for hydroxylation is 1. The van der Waals surface area contributed by atoms with Gasteiger partial charge in [-0.2, -0.15) is 5.10 Å². The summed E-state index contributed by atoms with van der Waals surface area (Å²) in [5.74, 6) is 1.53. The summed E-state index contributed by atoms with van der Waals surface area (Å²) in [5, 5.41) is 4.60. The molecule has 1 aliphatic rings. The maximum absolute atomic E-state index is 9.03. The van der Waals surface area contributed by atoms with E-state index in [2.05, 4.69) is 41.4 Å². The molecule has 272 valence electrons. The first-order valence-corrected chi connectivity index (χ1v) is 18.8. The molecule has 56 heavy (non-hydrogen) atoms. The molecule has 0 radical (unpaired) electrons. The molecular formula is C47H33BN6OPt-2. The quantitative estimate of drug-likeness (QED) is 0.118. The Labute approximate surface area is 350 Å². The van der Waals surface area contributed by atoms with Gasteiger partial charge in [-0.1, -0.05) is 0 Å². The fourth-order valence-corrected chi connectivity index (χ4v) is 8.33. The zero-order valence-corrected chi connectivity index (χ0v) is 32.1. The van der Waals surface area contributed by atoms with E-state index in [1.54, 1.807) is 41.2 Å². The van der Waals surface area contributed by atoms with Crippen LogP contribution >= 0.6 is 0 Å². The van der Waals surface area contributed by atoms with Crippen LogP contribution in [0.25, 0.3) is 55.9 Å². The molecule has 9 heteroatoms. The number of ether oxygens (including phenoxy) is 1. The first-order chi connectivity index (χ1) is 31.7. The number of hydrogen-bond donors (Lipinski definition) is 0. The third-order valence-electron chi connectivity index (χ3n) is 9.68. The van der Waals surface area contributed by atoms with Crippen molar-refractivity contribution in [2.75, 3.05) is 4.81 Å². The van der Waals surface area contributed by atoms with Gasteiger partial charge in [0.1, 0.15) is 0 Å². The van der Waals surface area contributed by atoms with Crippen LogP contribution in [0.2, 0.25) is 6.82 Å². The summed E-state index contributed by atoms with van der Waals surface area (Å²) in [6, 6.07) is 29.2. The second-order valence-corrected chi connectivity index (χ2v) is 14.1. The Morgan fingerprint density at radius 2 is 1.38 bits per heavy atom. The van der Waals surface area contributed by atoms with Crippen molar-refractivity contribution in [1.82, 2.24) is 23.8 Å². The van der Waals surface area contributed by atoms with Gasteiger partial charge in [0, 0.05) is 12.4 Å². The number of rotatable bonds is 7. The predicted octanol–water partition coefficient (Wildman–Crippen LogP) is 10.9. The van der Waals surface area contributed by atoms with Crippen molar-refractivity contribution in [2.24, 2.45) is 0 Å². The molecule has 7 nitrogen and oxygen atoms in total. The molecular weight excluding hydrogens is 870 g/mol. The third-order valence-corrected chi connectivity index (χ3v) is 10.7. The van der Waals surface area contributed by atoms with E-state index in [0.29, 0.717) is 32.0 Å². The number of imidazole rings is 1. The van der Waals surface area contributed by atoms with Crippen LogP contribution in [0.1, 0.15) is 19.3 Å². The fourth-order valence-electron chi connectivity index (χ4n) is 7.25. The van der Waals surface area contributed by atoms with Crippen LogP contribution in [-0.4, -0.2) is 30.8 Å². The molecule has 4 heterocycles. The minimum absolute atomic E-state index is 0.121. The SMILES string of the molecule is [2H]c1c([2H])c([2H])c(-c2cccc(-c3c([2H])c([2H])c([2H])c([2H])c3[2H])c2-n2[c](=[Pt])n(-c3[c-]c(Oc4[c-]c5c(cc4)-c4ccnn4B(C)N5c4cc(C)ccn4)ccc3)c3ccccc32)c([2H])c1[2H]. The number of nitrogens with zero attached hydrogens (tertiary/aromatic N) is 6. The zero-order valence-electron chi connectivity index (χ0n) is 39.8. The second kappa shape index (κ2) is 14.0. The van der Waals surface area contributed by atoms with E-state index in [0.717, 1.165) is 28.3 Å². The number of para-hydroxylation sites is 3. The molecule has 1 aliphatic heterocycles. The predicted molar refractivity (Wildman–Crippen MR) is 220 cm³/mol. The van der Waals surface area contributed by atoms with Gasteiger partial charge in [0.2, 0.25) is 0 Å². The van der Waals surface area contributed by atoms with Gasteiger partial charge in [-0.25, -0.2) is 0 Å².